The van der Waals surface area contributed by atoms with E-state index in [1.807, 2.05) is 42.5 Å². The zero-order valence-corrected chi connectivity index (χ0v) is 17.4. The van der Waals surface area contributed by atoms with Gasteiger partial charge in [-0.1, -0.05) is 55.5 Å². The smallest absolute Gasteiger partial charge is 0.119 e. The first-order valence-electron chi connectivity index (χ1n) is 10.6. The van der Waals surface area contributed by atoms with Crippen LogP contribution < -0.4 is 9.64 Å². The van der Waals surface area contributed by atoms with E-state index < -0.39 is 0 Å². The average molecular weight is 401 g/mol. The minimum atomic E-state index is 0.294. The van der Waals surface area contributed by atoms with Gasteiger partial charge < -0.3 is 14.4 Å². The van der Waals surface area contributed by atoms with E-state index in [9.17, 15) is 0 Å². The van der Waals surface area contributed by atoms with Gasteiger partial charge in [-0.25, -0.2) is 4.99 Å². The third-order valence-electron chi connectivity index (χ3n) is 5.12. The van der Waals surface area contributed by atoms with E-state index in [1.165, 1.54) is 5.56 Å². The molecule has 154 valence electrons. The van der Waals surface area contributed by atoms with E-state index >= 15 is 0 Å². The molecular formula is C26H28N2O2. The fourth-order valence-electron chi connectivity index (χ4n) is 3.62. The highest BCUT2D eigenvalue weighted by Crippen LogP contribution is 2.40. The molecular weight excluding hydrogens is 372 g/mol. The molecule has 1 atom stereocenters. The Kier molecular flexibility index (Phi) is 6.78. The van der Waals surface area contributed by atoms with E-state index in [-0.39, 0.29) is 0 Å². The van der Waals surface area contributed by atoms with Crippen LogP contribution in [0, 0.1) is 0 Å². The van der Waals surface area contributed by atoms with Crippen LogP contribution >= 0.6 is 0 Å². The molecule has 0 amide bonds. The number of amidine groups is 1. The zero-order chi connectivity index (χ0) is 20.6. The fraction of sp³-hybridized carbons (Fsp3) is 0.269. The monoisotopic (exact) mass is 400 g/mol. The Balaban J connectivity index is 1.50. The molecule has 0 radical (unpaired) electrons. The van der Waals surface area contributed by atoms with Crippen molar-refractivity contribution in [1.82, 2.24) is 0 Å². The van der Waals surface area contributed by atoms with Crippen LogP contribution in [0.25, 0.3) is 0 Å². The summed E-state index contributed by atoms with van der Waals surface area (Å²) in [7, 11) is 0. The van der Waals surface area contributed by atoms with Crippen LogP contribution in [0.15, 0.2) is 89.9 Å². The van der Waals surface area contributed by atoms with E-state index in [1.54, 1.807) is 0 Å². The van der Waals surface area contributed by atoms with Crippen molar-refractivity contribution in [1.29, 1.82) is 0 Å². The molecule has 3 aromatic rings. The molecule has 1 fully saturated rings. The molecule has 1 heterocycles. The zero-order valence-electron chi connectivity index (χ0n) is 17.4. The predicted octanol–water partition coefficient (Wildman–Crippen LogP) is 6.17. The predicted molar refractivity (Wildman–Crippen MR) is 123 cm³/mol. The molecule has 0 spiro atoms. The number of nitrogens with zero attached hydrogens (tertiary/aromatic N) is 2. The van der Waals surface area contributed by atoms with Crippen LogP contribution in [-0.4, -0.2) is 25.7 Å². The van der Waals surface area contributed by atoms with Gasteiger partial charge in [0.2, 0.25) is 0 Å². The number of hydrogen-bond acceptors (Lipinski definition) is 3. The molecule has 3 aromatic carbocycles. The van der Waals surface area contributed by atoms with Crippen molar-refractivity contribution in [2.45, 2.75) is 25.8 Å². The highest BCUT2D eigenvalue weighted by molar-refractivity contribution is 6.06. The molecule has 4 nitrogen and oxygen atoms in total. The summed E-state index contributed by atoms with van der Waals surface area (Å²) in [6.07, 6.45) is 1.95. The van der Waals surface area contributed by atoms with Crippen LogP contribution in [0.2, 0.25) is 0 Å². The van der Waals surface area contributed by atoms with Crippen molar-refractivity contribution >= 4 is 17.2 Å². The molecule has 0 N–H and O–H groups in total. The first kappa shape index (κ1) is 20.2. The maximum atomic E-state index is 5.80. The van der Waals surface area contributed by atoms with E-state index in [0.29, 0.717) is 19.3 Å². The highest BCUT2D eigenvalue weighted by atomic mass is 16.5. The Bertz CT molecular complexity index is 940. The lowest BCUT2D eigenvalue weighted by Crippen LogP contribution is -2.46. The summed E-state index contributed by atoms with van der Waals surface area (Å²) in [5, 5.41) is 0. The van der Waals surface area contributed by atoms with Gasteiger partial charge in [-0.2, -0.15) is 0 Å². The van der Waals surface area contributed by atoms with Gasteiger partial charge in [0.05, 0.1) is 18.3 Å². The minimum absolute atomic E-state index is 0.294. The van der Waals surface area contributed by atoms with Crippen LogP contribution in [0.3, 0.4) is 0 Å². The van der Waals surface area contributed by atoms with Gasteiger partial charge in [0, 0.05) is 18.7 Å². The Hall–Kier alpha value is -3.11. The molecule has 1 aliphatic heterocycles. The van der Waals surface area contributed by atoms with Crippen molar-refractivity contribution < 1.29 is 9.47 Å². The maximum Gasteiger partial charge on any atom is 0.119 e. The normalized spacial score (nSPS) is 17.0. The quantitative estimate of drug-likeness (QED) is 0.403. The Morgan fingerprint density at radius 3 is 2.23 bits per heavy atom. The number of ether oxygens (including phenoxy) is 2. The molecule has 1 saturated heterocycles. The second-order valence-corrected chi connectivity index (χ2v) is 7.32. The Morgan fingerprint density at radius 2 is 1.53 bits per heavy atom. The molecule has 30 heavy (non-hydrogen) atoms. The summed E-state index contributed by atoms with van der Waals surface area (Å²) in [4.78, 5) is 7.21. The minimum Gasteiger partial charge on any atom is -0.491 e. The highest BCUT2D eigenvalue weighted by Gasteiger charge is 2.36. The Labute approximate surface area is 178 Å². The average Bonchev–Trinajstić information content (AvgIpc) is 2.78. The van der Waals surface area contributed by atoms with Crippen molar-refractivity contribution in [3.63, 3.8) is 0 Å². The van der Waals surface area contributed by atoms with E-state index in [0.717, 1.165) is 42.4 Å². The van der Waals surface area contributed by atoms with Crippen LogP contribution in [0.4, 0.5) is 11.4 Å². The second kappa shape index (κ2) is 10.1. The lowest BCUT2D eigenvalue weighted by atomic mass is 9.92. The van der Waals surface area contributed by atoms with Gasteiger partial charge in [0.25, 0.3) is 0 Å². The number of rotatable bonds is 9. The fourth-order valence-corrected chi connectivity index (χ4v) is 3.62. The standard InChI is InChI=1S/C26H28N2O2/c1-2-17-29-18-19-30-24-15-13-23(14-16-24)28-25(21-9-5-3-6-10-21)20-26(28)27-22-11-7-4-8-12-22/h3-16,25H,2,17-20H2,1H3. The van der Waals surface area contributed by atoms with Crippen molar-refractivity contribution in [3.05, 3.63) is 90.5 Å². The molecule has 4 heteroatoms. The summed E-state index contributed by atoms with van der Waals surface area (Å²) in [5.41, 5.74) is 3.41. The number of anilines is 1. The van der Waals surface area contributed by atoms with Gasteiger partial charge in [-0.05, 0) is 48.4 Å². The first-order valence-corrected chi connectivity index (χ1v) is 10.6. The summed E-state index contributed by atoms with van der Waals surface area (Å²) >= 11 is 0. The molecule has 0 aromatic heterocycles. The van der Waals surface area contributed by atoms with Crippen LogP contribution in [-0.2, 0) is 4.74 Å². The molecule has 4 rings (SSSR count). The van der Waals surface area contributed by atoms with Gasteiger partial charge in [-0.15, -0.1) is 0 Å². The second-order valence-electron chi connectivity index (χ2n) is 7.32. The SMILES string of the molecule is CCCOCCOc1ccc(N2C(=Nc3ccccc3)CC2c2ccccc2)cc1. The lowest BCUT2D eigenvalue weighted by molar-refractivity contribution is 0.101. The summed E-state index contributed by atoms with van der Waals surface area (Å²) < 4.78 is 11.3. The van der Waals surface area contributed by atoms with Gasteiger partial charge in [0.15, 0.2) is 0 Å². The molecule has 1 aliphatic rings. The van der Waals surface area contributed by atoms with E-state index in [2.05, 4.69) is 54.3 Å². The van der Waals surface area contributed by atoms with Crippen molar-refractivity contribution in [2.75, 3.05) is 24.7 Å². The molecule has 0 saturated carbocycles. The molecule has 0 aliphatic carbocycles. The largest absolute Gasteiger partial charge is 0.491 e. The molecule has 0 bridgehead atoms. The van der Waals surface area contributed by atoms with Crippen LogP contribution in [0.1, 0.15) is 31.4 Å². The topological polar surface area (TPSA) is 34.1 Å². The molecule has 1 unspecified atom stereocenters. The third kappa shape index (κ3) is 4.89. The van der Waals surface area contributed by atoms with Crippen molar-refractivity contribution in [2.24, 2.45) is 4.99 Å². The number of benzene rings is 3. The van der Waals surface area contributed by atoms with Gasteiger partial charge in [-0.3, -0.25) is 0 Å². The van der Waals surface area contributed by atoms with Gasteiger partial charge >= 0.3 is 0 Å². The number of aliphatic imine (C=N–C) groups is 1. The van der Waals surface area contributed by atoms with Crippen LogP contribution in [0.5, 0.6) is 5.75 Å². The lowest BCUT2D eigenvalue weighted by Gasteiger charge is -2.44. The Morgan fingerprint density at radius 1 is 0.833 bits per heavy atom. The number of hydrogen-bond donors (Lipinski definition) is 0. The number of para-hydroxylation sites is 1. The first-order chi connectivity index (χ1) is 14.8. The van der Waals surface area contributed by atoms with Crippen molar-refractivity contribution in [3.8, 4) is 5.75 Å². The summed E-state index contributed by atoms with van der Waals surface area (Å²) in [6.45, 7) is 4.07. The van der Waals surface area contributed by atoms with E-state index in [4.69, 9.17) is 14.5 Å². The summed E-state index contributed by atoms with van der Waals surface area (Å²) in [5.74, 6) is 1.94. The third-order valence-corrected chi connectivity index (χ3v) is 5.12. The summed E-state index contributed by atoms with van der Waals surface area (Å²) in [6, 6.07) is 29.3. The van der Waals surface area contributed by atoms with Gasteiger partial charge in [0.1, 0.15) is 18.2 Å². The maximum absolute atomic E-state index is 5.80.